The van der Waals surface area contributed by atoms with Gasteiger partial charge in [0.05, 0.1) is 0 Å². The number of alkyl halides is 1. The third-order valence-electron chi connectivity index (χ3n) is 0.799. The third-order valence-corrected chi connectivity index (χ3v) is 2.77. The highest BCUT2D eigenvalue weighted by atomic mass is 35.5. The highest BCUT2D eigenvalue weighted by Gasteiger charge is 1.97. The summed E-state index contributed by atoms with van der Waals surface area (Å²) >= 11 is 7.68. The summed E-state index contributed by atoms with van der Waals surface area (Å²) in [7, 11) is 0. The van der Waals surface area contributed by atoms with Crippen LogP contribution in [-0.4, -0.2) is 16.9 Å². The Morgan fingerprint density at radius 1 is 1.22 bits per heavy atom. The quantitative estimate of drug-likeness (QED) is 0.579. The summed E-state index contributed by atoms with van der Waals surface area (Å²) in [5.41, 5.74) is 0. The van der Waals surface area contributed by atoms with Crippen molar-refractivity contribution < 1.29 is 0 Å². The largest absolute Gasteiger partial charge is 0.160 e. The fourth-order valence-corrected chi connectivity index (χ4v) is 1.67. The van der Waals surface area contributed by atoms with Crippen molar-refractivity contribution in [3.8, 4) is 0 Å². The van der Waals surface area contributed by atoms with Crippen LogP contribution in [0.4, 0.5) is 0 Å². The number of hydrogen-bond donors (Lipinski definition) is 0. The van der Waals surface area contributed by atoms with Crippen LogP contribution in [0.5, 0.6) is 0 Å². The first kappa shape index (κ1) is 9.64. The fraction of sp³-hybridized carbons (Fsp3) is 1.00. The molecule has 0 radical (unpaired) electrons. The van der Waals surface area contributed by atoms with Crippen LogP contribution in [0, 0.1) is 5.92 Å². The zero-order valence-electron chi connectivity index (χ0n) is 6.36. The van der Waals surface area contributed by atoms with Crippen LogP contribution in [0.15, 0.2) is 0 Å². The van der Waals surface area contributed by atoms with Crippen molar-refractivity contribution in [1.29, 1.82) is 0 Å². The standard InChI is InChI=1S/C7H15ClS/c1-6(2)4-9-5-7(3)8/h6-7H,4-5H2,1-3H3. The number of thioether (sulfide) groups is 1. The Morgan fingerprint density at radius 3 is 2.11 bits per heavy atom. The average molecular weight is 167 g/mol. The molecule has 0 saturated heterocycles. The molecule has 0 aromatic carbocycles. The van der Waals surface area contributed by atoms with Gasteiger partial charge in [-0.2, -0.15) is 11.8 Å². The molecule has 0 bridgehead atoms. The molecule has 0 aliphatic rings. The Labute approximate surface area is 67.4 Å². The molecule has 0 saturated carbocycles. The Hall–Kier alpha value is 0.640. The summed E-state index contributed by atoms with van der Waals surface area (Å²) < 4.78 is 0. The van der Waals surface area contributed by atoms with Crippen molar-refractivity contribution in [1.82, 2.24) is 0 Å². The lowest BCUT2D eigenvalue weighted by molar-refractivity contribution is 0.750. The number of hydrogen-bond acceptors (Lipinski definition) is 1. The minimum atomic E-state index is 0.328. The van der Waals surface area contributed by atoms with Gasteiger partial charge in [0, 0.05) is 11.1 Å². The van der Waals surface area contributed by atoms with Gasteiger partial charge in [0.2, 0.25) is 0 Å². The Morgan fingerprint density at radius 2 is 1.78 bits per heavy atom. The van der Waals surface area contributed by atoms with E-state index in [1.807, 2.05) is 18.7 Å². The molecule has 0 N–H and O–H groups in total. The summed E-state index contributed by atoms with van der Waals surface area (Å²) in [6.07, 6.45) is 0. The molecule has 0 aliphatic heterocycles. The van der Waals surface area contributed by atoms with Crippen LogP contribution in [0.3, 0.4) is 0 Å². The molecule has 1 unspecified atom stereocenters. The molecule has 2 heteroatoms. The zero-order valence-corrected chi connectivity index (χ0v) is 7.93. The molecular weight excluding hydrogens is 152 g/mol. The van der Waals surface area contributed by atoms with E-state index in [0.29, 0.717) is 5.38 Å². The van der Waals surface area contributed by atoms with Gasteiger partial charge in [0.1, 0.15) is 0 Å². The molecule has 0 aromatic heterocycles. The first-order chi connectivity index (χ1) is 4.13. The second-order valence-electron chi connectivity index (χ2n) is 2.71. The summed E-state index contributed by atoms with van der Waals surface area (Å²) in [5.74, 6) is 3.11. The van der Waals surface area contributed by atoms with E-state index >= 15 is 0 Å². The van der Waals surface area contributed by atoms with Gasteiger partial charge in [-0.3, -0.25) is 0 Å². The first-order valence-electron chi connectivity index (χ1n) is 3.34. The molecule has 0 rings (SSSR count). The number of halogens is 1. The molecule has 0 aromatic rings. The van der Waals surface area contributed by atoms with E-state index in [4.69, 9.17) is 11.6 Å². The van der Waals surface area contributed by atoms with E-state index in [9.17, 15) is 0 Å². The maximum Gasteiger partial charge on any atom is 0.0398 e. The van der Waals surface area contributed by atoms with Gasteiger partial charge < -0.3 is 0 Å². The fourth-order valence-electron chi connectivity index (χ4n) is 0.466. The highest BCUT2D eigenvalue weighted by molar-refractivity contribution is 7.99. The van der Waals surface area contributed by atoms with Crippen LogP contribution in [-0.2, 0) is 0 Å². The molecule has 0 spiro atoms. The van der Waals surface area contributed by atoms with E-state index in [-0.39, 0.29) is 0 Å². The van der Waals surface area contributed by atoms with E-state index < -0.39 is 0 Å². The van der Waals surface area contributed by atoms with Gasteiger partial charge in [-0.05, 0) is 18.6 Å². The molecule has 0 heterocycles. The van der Waals surface area contributed by atoms with Crippen LogP contribution >= 0.6 is 23.4 Å². The minimum Gasteiger partial charge on any atom is -0.160 e. The van der Waals surface area contributed by atoms with Gasteiger partial charge in [-0.1, -0.05) is 13.8 Å². The zero-order chi connectivity index (χ0) is 7.28. The second-order valence-corrected chi connectivity index (χ2v) is 4.53. The Kier molecular flexibility index (Phi) is 5.81. The van der Waals surface area contributed by atoms with Crippen LogP contribution in [0.1, 0.15) is 20.8 Å². The van der Waals surface area contributed by atoms with E-state index in [1.165, 1.54) is 5.75 Å². The normalized spacial score (nSPS) is 14.3. The van der Waals surface area contributed by atoms with E-state index in [2.05, 4.69) is 13.8 Å². The molecule has 1 atom stereocenters. The van der Waals surface area contributed by atoms with E-state index in [0.717, 1.165) is 11.7 Å². The van der Waals surface area contributed by atoms with Crippen molar-refractivity contribution in [2.24, 2.45) is 5.92 Å². The Balaban J connectivity index is 2.91. The summed E-state index contributed by atoms with van der Waals surface area (Å²) in [6.45, 7) is 6.49. The van der Waals surface area contributed by atoms with Gasteiger partial charge in [-0.25, -0.2) is 0 Å². The first-order valence-corrected chi connectivity index (χ1v) is 4.94. The summed E-state index contributed by atoms with van der Waals surface area (Å²) in [4.78, 5) is 0. The predicted octanol–water partition coefficient (Wildman–Crippen LogP) is 3.00. The van der Waals surface area contributed by atoms with Gasteiger partial charge >= 0.3 is 0 Å². The topological polar surface area (TPSA) is 0 Å². The molecular formula is C7H15ClS. The molecule has 0 fully saturated rings. The van der Waals surface area contributed by atoms with Crippen LogP contribution < -0.4 is 0 Å². The molecule has 0 amide bonds. The predicted molar refractivity (Wildman–Crippen MR) is 47.5 cm³/mol. The van der Waals surface area contributed by atoms with Gasteiger partial charge in [-0.15, -0.1) is 11.6 Å². The lowest BCUT2D eigenvalue weighted by Crippen LogP contribution is -1.98. The van der Waals surface area contributed by atoms with Gasteiger partial charge in [0.15, 0.2) is 0 Å². The Bertz CT molecular complexity index is 53.9. The van der Waals surface area contributed by atoms with Crippen LogP contribution in [0.25, 0.3) is 0 Å². The summed E-state index contributed by atoms with van der Waals surface area (Å²) in [6, 6.07) is 0. The minimum absolute atomic E-state index is 0.328. The van der Waals surface area contributed by atoms with Crippen LogP contribution in [0.2, 0.25) is 0 Å². The van der Waals surface area contributed by atoms with Crippen molar-refractivity contribution in [2.45, 2.75) is 26.1 Å². The van der Waals surface area contributed by atoms with Crippen molar-refractivity contribution in [3.05, 3.63) is 0 Å². The highest BCUT2D eigenvalue weighted by Crippen LogP contribution is 2.10. The maximum atomic E-state index is 5.74. The average Bonchev–Trinajstić information content (AvgIpc) is 1.63. The SMILES string of the molecule is CC(C)CSCC(C)Cl. The smallest absolute Gasteiger partial charge is 0.0398 e. The molecule has 9 heavy (non-hydrogen) atoms. The van der Waals surface area contributed by atoms with Crippen molar-refractivity contribution >= 4 is 23.4 Å². The summed E-state index contributed by atoms with van der Waals surface area (Å²) in [5, 5.41) is 0.328. The molecule has 0 nitrogen and oxygen atoms in total. The van der Waals surface area contributed by atoms with Crippen molar-refractivity contribution in [3.63, 3.8) is 0 Å². The monoisotopic (exact) mass is 166 g/mol. The third kappa shape index (κ3) is 8.64. The van der Waals surface area contributed by atoms with Crippen molar-refractivity contribution in [2.75, 3.05) is 11.5 Å². The van der Waals surface area contributed by atoms with E-state index in [1.54, 1.807) is 0 Å². The van der Waals surface area contributed by atoms with Gasteiger partial charge in [0.25, 0.3) is 0 Å². The maximum absolute atomic E-state index is 5.74. The molecule has 56 valence electrons. The number of rotatable bonds is 4. The lowest BCUT2D eigenvalue weighted by atomic mass is 10.3. The molecule has 0 aliphatic carbocycles. The second kappa shape index (κ2) is 5.43. The lowest BCUT2D eigenvalue weighted by Gasteiger charge is -2.04.